The minimum Gasteiger partial charge on any atom is -0.493 e. The third kappa shape index (κ3) is 4.80. The van der Waals surface area contributed by atoms with Crippen LogP contribution in [0.1, 0.15) is 23.0 Å². The van der Waals surface area contributed by atoms with Crippen molar-refractivity contribution in [1.29, 1.82) is 0 Å². The van der Waals surface area contributed by atoms with E-state index in [1.807, 2.05) is 0 Å². The van der Waals surface area contributed by atoms with Gasteiger partial charge >= 0.3 is 0 Å². The lowest BCUT2D eigenvalue weighted by Crippen LogP contribution is -2.46. The second kappa shape index (κ2) is 8.94. The summed E-state index contributed by atoms with van der Waals surface area (Å²) >= 11 is 0. The fraction of sp³-hybridized carbons (Fsp3) is 0.421. The van der Waals surface area contributed by atoms with E-state index in [0.29, 0.717) is 5.76 Å². The molecule has 1 aliphatic rings. The highest BCUT2D eigenvalue weighted by molar-refractivity contribution is 7.91. The Labute approximate surface area is 178 Å². The monoisotopic (exact) mass is 454 g/mol. The van der Waals surface area contributed by atoms with E-state index in [2.05, 4.69) is 0 Å². The number of furan rings is 1. The summed E-state index contributed by atoms with van der Waals surface area (Å²) in [5.74, 6) is -1.29. The first kappa shape index (κ1) is 22.6. The van der Waals surface area contributed by atoms with Crippen LogP contribution in [-0.2, 0) is 16.4 Å². The average molecular weight is 454 g/mol. The molecule has 12 heteroatoms. The normalized spacial score (nSPS) is 19.7. The summed E-state index contributed by atoms with van der Waals surface area (Å²) in [5.41, 5.74) is -0.859. The van der Waals surface area contributed by atoms with Crippen molar-refractivity contribution in [2.45, 2.75) is 25.6 Å². The molecule has 1 fully saturated rings. The topological polar surface area (TPSA) is 149 Å². The molecule has 168 valence electrons. The van der Waals surface area contributed by atoms with Gasteiger partial charge in [-0.2, -0.15) is 0 Å². The van der Waals surface area contributed by atoms with Gasteiger partial charge < -0.3 is 23.9 Å². The summed E-state index contributed by atoms with van der Waals surface area (Å²) in [4.78, 5) is 25.5. The number of hydrogen-bond donors (Lipinski definition) is 1. The Kier molecular flexibility index (Phi) is 6.51. The quantitative estimate of drug-likeness (QED) is 0.461. The van der Waals surface area contributed by atoms with Crippen LogP contribution < -0.4 is 9.47 Å². The van der Waals surface area contributed by atoms with Crippen LogP contribution in [0, 0.1) is 10.1 Å². The van der Waals surface area contributed by atoms with Crippen molar-refractivity contribution in [3.8, 4) is 11.5 Å². The van der Waals surface area contributed by atoms with Gasteiger partial charge in [0.2, 0.25) is 0 Å². The molecule has 1 amide bonds. The largest absolute Gasteiger partial charge is 0.493 e. The summed E-state index contributed by atoms with van der Waals surface area (Å²) in [6, 6.07) is 4.33. The highest BCUT2D eigenvalue weighted by Crippen LogP contribution is 2.36. The zero-order valence-corrected chi connectivity index (χ0v) is 17.7. The summed E-state index contributed by atoms with van der Waals surface area (Å²) in [5, 5.41) is 22.0. The number of nitro benzene ring substituents is 1. The fourth-order valence-electron chi connectivity index (χ4n) is 3.47. The van der Waals surface area contributed by atoms with Gasteiger partial charge in [-0.1, -0.05) is 0 Å². The second-order valence-electron chi connectivity index (χ2n) is 6.93. The van der Waals surface area contributed by atoms with E-state index in [9.17, 15) is 28.4 Å². The van der Waals surface area contributed by atoms with E-state index in [1.54, 1.807) is 19.1 Å². The van der Waals surface area contributed by atoms with Gasteiger partial charge in [0.15, 0.2) is 21.3 Å². The Hall–Kier alpha value is -3.12. The number of carbonyl (C=O) groups is 1. The van der Waals surface area contributed by atoms with Crippen LogP contribution in [0.15, 0.2) is 34.9 Å². The number of benzene rings is 1. The van der Waals surface area contributed by atoms with Crippen molar-refractivity contribution in [3.05, 3.63) is 52.0 Å². The van der Waals surface area contributed by atoms with E-state index >= 15 is 0 Å². The number of aliphatic hydroxyl groups is 1. The van der Waals surface area contributed by atoms with E-state index < -0.39 is 50.0 Å². The van der Waals surface area contributed by atoms with Crippen molar-refractivity contribution in [3.63, 3.8) is 0 Å². The standard InChI is InChI=1S/C19H22N2O9S/c1-3-29-18-7-13(14(21(24)25)8-17(18)28-2)19(23)20(9-12-5-4-6-30-12)15-10-31(26,27)11-16(15)22/h4-8,15-16,22H,3,9-11H2,1-2H3/t15-,16-/m1/s1. The van der Waals surface area contributed by atoms with Crippen molar-refractivity contribution in [1.82, 2.24) is 4.90 Å². The number of amides is 1. The van der Waals surface area contributed by atoms with Crippen molar-refractivity contribution >= 4 is 21.4 Å². The molecular formula is C19H22N2O9S. The molecule has 31 heavy (non-hydrogen) atoms. The van der Waals surface area contributed by atoms with Crippen LogP contribution in [0.4, 0.5) is 5.69 Å². The minimum absolute atomic E-state index is 0.0752. The maximum absolute atomic E-state index is 13.5. The molecule has 2 aromatic rings. The molecule has 0 radical (unpaired) electrons. The number of rotatable bonds is 8. The molecule has 0 unspecified atom stereocenters. The van der Waals surface area contributed by atoms with E-state index in [4.69, 9.17) is 13.9 Å². The number of nitrogens with zero attached hydrogens (tertiary/aromatic N) is 2. The van der Waals surface area contributed by atoms with Gasteiger partial charge in [-0.3, -0.25) is 14.9 Å². The SMILES string of the molecule is CCOc1cc(C(=O)N(Cc2ccco2)[C@@H]2CS(=O)(=O)C[C@H]2O)c([N+](=O)[O-])cc1OC. The molecule has 1 aromatic heterocycles. The van der Waals surface area contributed by atoms with E-state index in [0.717, 1.165) is 11.0 Å². The third-order valence-corrected chi connectivity index (χ3v) is 6.57. The smallest absolute Gasteiger partial charge is 0.286 e. The predicted molar refractivity (Wildman–Crippen MR) is 108 cm³/mol. The highest BCUT2D eigenvalue weighted by atomic mass is 32.2. The van der Waals surface area contributed by atoms with Crippen LogP contribution in [-0.4, -0.2) is 66.6 Å². The number of aliphatic hydroxyl groups excluding tert-OH is 1. The van der Waals surface area contributed by atoms with E-state index in [-0.39, 0.29) is 30.2 Å². The number of nitro groups is 1. The molecule has 0 aliphatic carbocycles. The highest BCUT2D eigenvalue weighted by Gasteiger charge is 2.43. The molecular weight excluding hydrogens is 432 g/mol. The number of carbonyl (C=O) groups excluding carboxylic acids is 1. The molecule has 11 nitrogen and oxygen atoms in total. The van der Waals surface area contributed by atoms with Crippen LogP contribution in [0.5, 0.6) is 11.5 Å². The third-order valence-electron chi connectivity index (χ3n) is 4.87. The van der Waals surface area contributed by atoms with Gasteiger partial charge in [-0.15, -0.1) is 0 Å². The molecule has 1 saturated heterocycles. The van der Waals surface area contributed by atoms with Crippen LogP contribution in [0.2, 0.25) is 0 Å². The van der Waals surface area contributed by atoms with Gasteiger partial charge in [0, 0.05) is 6.07 Å². The molecule has 3 rings (SSSR count). The molecule has 1 aliphatic heterocycles. The van der Waals surface area contributed by atoms with Crippen molar-refractivity contribution < 1.29 is 37.1 Å². The average Bonchev–Trinajstić information content (AvgIpc) is 3.31. The molecule has 1 aromatic carbocycles. The minimum atomic E-state index is -3.59. The van der Waals surface area contributed by atoms with Gasteiger partial charge in [0.1, 0.15) is 11.3 Å². The van der Waals surface area contributed by atoms with Gasteiger partial charge in [0.25, 0.3) is 11.6 Å². The van der Waals surface area contributed by atoms with Crippen molar-refractivity contribution in [2.75, 3.05) is 25.2 Å². The van der Waals surface area contributed by atoms with Crippen LogP contribution in [0.3, 0.4) is 0 Å². The van der Waals surface area contributed by atoms with Crippen LogP contribution in [0.25, 0.3) is 0 Å². The van der Waals surface area contributed by atoms with Gasteiger partial charge in [0.05, 0.1) is 61.2 Å². The Balaban J connectivity index is 2.10. The number of ether oxygens (including phenoxy) is 2. The molecule has 1 N–H and O–H groups in total. The first-order chi connectivity index (χ1) is 14.7. The van der Waals surface area contributed by atoms with Gasteiger partial charge in [-0.05, 0) is 19.1 Å². The maximum Gasteiger partial charge on any atom is 0.286 e. The Morgan fingerprint density at radius 3 is 2.61 bits per heavy atom. The Morgan fingerprint density at radius 2 is 2.10 bits per heavy atom. The summed E-state index contributed by atoms with van der Waals surface area (Å²) in [6.45, 7) is 1.74. The lowest BCUT2D eigenvalue weighted by Gasteiger charge is -2.29. The van der Waals surface area contributed by atoms with Crippen molar-refractivity contribution in [2.24, 2.45) is 0 Å². The number of sulfone groups is 1. The summed E-state index contributed by atoms with van der Waals surface area (Å²) in [7, 11) is -2.28. The number of methoxy groups -OCH3 is 1. The first-order valence-corrected chi connectivity index (χ1v) is 11.2. The molecule has 0 bridgehead atoms. The van der Waals surface area contributed by atoms with Gasteiger partial charge in [-0.25, -0.2) is 8.42 Å². The molecule has 0 spiro atoms. The molecule has 2 heterocycles. The Morgan fingerprint density at radius 1 is 1.35 bits per heavy atom. The zero-order chi connectivity index (χ0) is 22.8. The summed E-state index contributed by atoms with van der Waals surface area (Å²) in [6.07, 6.45) is 0.0376. The Bertz CT molecular complexity index is 1070. The lowest BCUT2D eigenvalue weighted by molar-refractivity contribution is -0.385. The maximum atomic E-state index is 13.5. The predicted octanol–water partition coefficient (Wildman–Crippen LogP) is 1.40. The second-order valence-corrected chi connectivity index (χ2v) is 9.09. The molecule has 0 saturated carbocycles. The van der Waals surface area contributed by atoms with E-state index in [1.165, 1.54) is 19.4 Å². The molecule has 2 atom stereocenters. The summed E-state index contributed by atoms with van der Waals surface area (Å²) < 4.78 is 39.9. The zero-order valence-electron chi connectivity index (χ0n) is 16.9. The number of hydrogen-bond acceptors (Lipinski definition) is 9. The fourth-order valence-corrected chi connectivity index (χ4v) is 5.27. The van der Waals surface area contributed by atoms with Crippen LogP contribution >= 0.6 is 0 Å². The first-order valence-electron chi connectivity index (χ1n) is 9.38. The lowest BCUT2D eigenvalue weighted by atomic mass is 10.1.